The van der Waals surface area contributed by atoms with Gasteiger partial charge in [0.05, 0.1) is 5.56 Å². The summed E-state index contributed by atoms with van der Waals surface area (Å²) >= 11 is 0. The average Bonchev–Trinajstić information content (AvgIpc) is 2.12. The molecule has 0 amide bonds. The zero-order chi connectivity index (χ0) is 11.5. The van der Waals surface area contributed by atoms with Gasteiger partial charge in [0.15, 0.2) is 6.07 Å². The summed E-state index contributed by atoms with van der Waals surface area (Å²) in [5, 5.41) is 8.09. The quantitative estimate of drug-likeness (QED) is 0.480. The van der Waals surface area contributed by atoms with Gasteiger partial charge in [0.2, 0.25) is 0 Å². The maximum Gasteiger partial charge on any atom is 0.417 e. The molecule has 0 aliphatic rings. The van der Waals surface area contributed by atoms with Crippen LogP contribution < -0.4 is 0 Å². The lowest BCUT2D eigenvalue weighted by atomic mass is 10.1. The second-order valence-electron chi connectivity index (χ2n) is 2.55. The number of hydrogen-bond acceptors (Lipinski definition) is 1. The number of rotatable bonds is 0. The summed E-state index contributed by atoms with van der Waals surface area (Å²) in [4.78, 5) is 0. The largest absolute Gasteiger partial charge is 0.417 e. The van der Waals surface area contributed by atoms with E-state index in [4.69, 9.17) is 5.26 Å². The van der Waals surface area contributed by atoms with E-state index in [1.807, 2.05) is 5.92 Å². The van der Waals surface area contributed by atoms with Gasteiger partial charge in [0, 0.05) is 11.5 Å². The molecule has 1 aromatic carbocycles. The number of nitriles is 1. The van der Waals surface area contributed by atoms with Gasteiger partial charge in [0.1, 0.15) is 5.82 Å². The Bertz CT molecular complexity index is 471. The average molecular weight is 213 g/mol. The van der Waals surface area contributed by atoms with E-state index in [1.165, 1.54) is 6.07 Å². The van der Waals surface area contributed by atoms with Crippen LogP contribution in [0.5, 0.6) is 0 Å². The molecular weight excluding hydrogens is 210 g/mol. The van der Waals surface area contributed by atoms with Crippen molar-refractivity contribution in [1.82, 2.24) is 0 Å². The molecule has 0 aromatic heterocycles. The van der Waals surface area contributed by atoms with Gasteiger partial charge in [-0.1, -0.05) is 5.92 Å². The highest BCUT2D eigenvalue weighted by molar-refractivity contribution is 5.45. The Morgan fingerprint density at radius 1 is 1.20 bits per heavy atom. The van der Waals surface area contributed by atoms with Crippen LogP contribution in [0.4, 0.5) is 17.6 Å². The maximum atomic E-state index is 12.6. The lowest BCUT2D eigenvalue weighted by Crippen LogP contribution is -2.07. The first kappa shape index (κ1) is 11.1. The monoisotopic (exact) mass is 213 g/mol. The first-order chi connectivity index (χ1) is 6.95. The summed E-state index contributed by atoms with van der Waals surface area (Å²) in [6.45, 7) is 0. The molecule has 5 heteroatoms. The standard InChI is InChI=1S/C10H3F4N/c11-8-3-4-9(10(12,13)14)7(6-8)2-1-5-15/h3-4,6H. The first-order valence-corrected chi connectivity index (χ1v) is 3.72. The molecule has 0 N–H and O–H groups in total. The van der Waals surface area contributed by atoms with Gasteiger partial charge in [-0.05, 0) is 18.2 Å². The van der Waals surface area contributed by atoms with Gasteiger partial charge >= 0.3 is 6.18 Å². The van der Waals surface area contributed by atoms with Crippen molar-refractivity contribution in [2.75, 3.05) is 0 Å². The summed E-state index contributed by atoms with van der Waals surface area (Å²) in [5.74, 6) is 2.90. The predicted molar refractivity (Wildman–Crippen MR) is 43.9 cm³/mol. The van der Waals surface area contributed by atoms with Crippen LogP contribution in [0.1, 0.15) is 11.1 Å². The summed E-state index contributed by atoms with van der Waals surface area (Å²) in [6, 6.07) is 3.30. The molecule has 0 atom stereocenters. The third kappa shape index (κ3) is 2.72. The Kier molecular flexibility index (Phi) is 2.96. The number of nitrogens with zero attached hydrogens (tertiary/aromatic N) is 1. The van der Waals surface area contributed by atoms with Crippen molar-refractivity contribution in [1.29, 1.82) is 5.26 Å². The van der Waals surface area contributed by atoms with Crippen LogP contribution in [0, 0.1) is 29.0 Å². The SMILES string of the molecule is N#CC#Cc1cc(F)ccc1C(F)(F)F. The predicted octanol–water partition coefficient (Wildman–Crippen LogP) is 2.72. The molecule has 1 nitrogen and oxygen atoms in total. The smallest absolute Gasteiger partial charge is 0.207 e. The van der Waals surface area contributed by atoms with E-state index < -0.39 is 23.1 Å². The van der Waals surface area contributed by atoms with Crippen LogP contribution in [0.3, 0.4) is 0 Å². The van der Waals surface area contributed by atoms with E-state index in [0.29, 0.717) is 18.2 Å². The van der Waals surface area contributed by atoms with Gasteiger partial charge < -0.3 is 0 Å². The number of halogens is 4. The highest BCUT2D eigenvalue weighted by Crippen LogP contribution is 2.31. The first-order valence-electron chi connectivity index (χ1n) is 3.72. The Labute approximate surface area is 82.9 Å². The minimum Gasteiger partial charge on any atom is -0.207 e. The topological polar surface area (TPSA) is 23.8 Å². The fourth-order valence-electron chi connectivity index (χ4n) is 0.962. The van der Waals surface area contributed by atoms with Crippen LogP contribution in [-0.4, -0.2) is 0 Å². The van der Waals surface area contributed by atoms with Gasteiger partial charge in [0.25, 0.3) is 0 Å². The number of alkyl halides is 3. The third-order valence-corrected chi connectivity index (χ3v) is 1.54. The van der Waals surface area contributed by atoms with Crippen molar-refractivity contribution in [2.45, 2.75) is 6.18 Å². The molecule has 0 bridgehead atoms. The van der Waals surface area contributed by atoms with Gasteiger partial charge in [-0.25, -0.2) is 4.39 Å². The highest BCUT2D eigenvalue weighted by atomic mass is 19.4. The second kappa shape index (κ2) is 4.02. The van der Waals surface area contributed by atoms with E-state index in [1.54, 1.807) is 5.92 Å². The van der Waals surface area contributed by atoms with E-state index in [-0.39, 0.29) is 0 Å². The van der Waals surface area contributed by atoms with E-state index in [0.717, 1.165) is 0 Å². The van der Waals surface area contributed by atoms with Crippen molar-refractivity contribution in [3.63, 3.8) is 0 Å². The molecule has 1 rings (SSSR count). The van der Waals surface area contributed by atoms with Gasteiger partial charge in [-0.15, -0.1) is 0 Å². The van der Waals surface area contributed by atoms with Crippen LogP contribution in [0.2, 0.25) is 0 Å². The summed E-state index contributed by atoms with van der Waals surface area (Å²) in [6.07, 6.45) is -4.60. The summed E-state index contributed by atoms with van der Waals surface area (Å²) < 4.78 is 49.6. The number of hydrogen-bond donors (Lipinski definition) is 0. The molecule has 0 spiro atoms. The molecule has 0 aliphatic carbocycles. The second-order valence-corrected chi connectivity index (χ2v) is 2.55. The van der Waals surface area contributed by atoms with Crippen molar-refractivity contribution in [2.24, 2.45) is 0 Å². The molecule has 0 unspecified atom stereocenters. The fourth-order valence-corrected chi connectivity index (χ4v) is 0.962. The minimum atomic E-state index is -4.60. The molecule has 1 aromatic rings. The summed E-state index contributed by atoms with van der Waals surface area (Å²) in [5.41, 5.74) is -1.59. The van der Waals surface area contributed by atoms with E-state index in [2.05, 4.69) is 0 Å². The van der Waals surface area contributed by atoms with Gasteiger partial charge in [-0.2, -0.15) is 18.4 Å². The molecule has 76 valence electrons. The fraction of sp³-hybridized carbons (Fsp3) is 0.100. The zero-order valence-electron chi connectivity index (χ0n) is 7.19. The van der Waals surface area contributed by atoms with Crippen LogP contribution in [0.15, 0.2) is 18.2 Å². The van der Waals surface area contributed by atoms with E-state index in [9.17, 15) is 17.6 Å². The van der Waals surface area contributed by atoms with Crippen molar-refractivity contribution in [3.8, 4) is 17.9 Å². The molecule has 15 heavy (non-hydrogen) atoms. The van der Waals surface area contributed by atoms with Crippen molar-refractivity contribution in [3.05, 3.63) is 35.1 Å². The van der Waals surface area contributed by atoms with Crippen LogP contribution >= 0.6 is 0 Å². The molecular formula is C10H3F4N. The molecule has 0 aliphatic heterocycles. The molecule has 0 saturated heterocycles. The molecule has 0 radical (unpaired) electrons. The van der Waals surface area contributed by atoms with E-state index >= 15 is 0 Å². The highest BCUT2D eigenvalue weighted by Gasteiger charge is 2.33. The zero-order valence-corrected chi connectivity index (χ0v) is 7.19. The molecule has 0 saturated carbocycles. The lowest BCUT2D eigenvalue weighted by molar-refractivity contribution is -0.137. The van der Waals surface area contributed by atoms with Crippen molar-refractivity contribution >= 4 is 0 Å². The van der Waals surface area contributed by atoms with Crippen LogP contribution in [-0.2, 0) is 6.18 Å². The maximum absolute atomic E-state index is 12.6. The molecule has 0 heterocycles. The number of benzene rings is 1. The normalized spacial score (nSPS) is 10.1. The molecule has 0 fully saturated rings. The Morgan fingerprint density at radius 3 is 2.40 bits per heavy atom. The van der Waals surface area contributed by atoms with Crippen LogP contribution in [0.25, 0.3) is 0 Å². The Balaban J connectivity index is 3.35. The minimum absolute atomic E-state index is 0.538. The van der Waals surface area contributed by atoms with Gasteiger partial charge in [-0.3, -0.25) is 0 Å². The summed E-state index contributed by atoms with van der Waals surface area (Å²) in [7, 11) is 0. The lowest BCUT2D eigenvalue weighted by Gasteiger charge is -2.08. The van der Waals surface area contributed by atoms with Crippen molar-refractivity contribution < 1.29 is 17.6 Å². The third-order valence-electron chi connectivity index (χ3n) is 1.54. The Morgan fingerprint density at radius 2 is 1.87 bits per heavy atom. The Hall–Kier alpha value is -2.01.